The van der Waals surface area contributed by atoms with Crippen LogP contribution in [0.25, 0.3) is 0 Å². The molecule has 0 spiro atoms. The van der Waals surface area contributed by atoms with Crippen LogP contribution in [0.1, 0.15) is 86.1 Å². The smallest absolute Gasteiger partial charge is 0.305 e. The van der Waals surface area contributed by atoms with E-state index in [0.29, 0.717) is 24.9 Å². The van der Waals surface area contributed by atoms with Crippen LogP contribution in [0.2, 0.25) is 0 Å². The van der Waals surface area contributed by atoms with Crippen molar-refractivity contribution in [1.29, 1.82) is 0 Å². The zero-order valence-corrected chi connectivity index (χ0v) is 32.5. The van der Waals surface area contributed by atoms with Crippen molar-refractivity contribution in [3.05, 3.63) is 34.7 Å². The number of hydrogen-bond donors (Lipinski definition) is 8. The summed E-state index contributed by atoms with van der Waals surface area (Å²) in [6, 6.07) is -2.32. The molecular weight excluding hydrogens is 716 g/mol. The van der Waals surface area contributed by atoms with Gasteiger partial charge in [0.1, 0.15) is 29.9 Å². The van der Waals surface area contributed by atoms with E-state index in [2.05, 4.69) is 37.1 Å². The number of carbonyl (C=O) groups excluding carboxylic acids is 6. The number of carbonyl (C=O) groups is 7. The molecule has 0 unspecified atom stereocenters. The Kier molecular flexibility index (Phi) is 15.8. The average molecular weight is 773 g/mol. The highest BCUT2D eigenvalue weighted by Crippen LogP contribution is 2.24. The highest BCUT2D eigenvalue weighted by atomic mass is 16.4. The molecule has 6 amide bonds. The van der Waals surface area contributed by atoms with E-state index in [1.807, 2.05) is 0 Å². The Morgan fingerprint density at radius 2 is 1.47 bits per heavy atom. The van der Waals surface area contributed by atoms with Crippen molar-refractivity contribution in [1.82, 2.24) is 36.8 Å². The number of fused-ring (bicyclic) bond motifs is 1. The molecule has 8 N–H and O–H groups in total. The summed E-state index contributed by atoms with van der Waals surface area (Å²) in [7, 11) is 0. The molecule has 18 nitrogen and oxygen atoms in total. The van der Waals surface area contributed by atoms with Crippen molar-refractivity contribution >= 4 is 47.1 Å². The summed E-state index contributed by atoms with van der Waals surface area (Å²) in [5.74, 6) is -5.94. The molecule has 2 fully saturated rings. The van der Waals surface area contributed by atoms with Gasteiger partial charge in [-0.3, -0.25) is 38.5 Å². The summed E-state index contributed by atoms with van der Waals surface area (Å²) in [6.45, 7) is 12.1. The van der Waals surface area contributed by atoms with E-state index in [1.54, 1.807) is 58.6 Å². The second-order valence-electron chi connectivity index (χ2n) is 15.9. The maximum Gasteiger partial charge on any atom is 0.305 e. The number of nitrogens with one attached hydrogen (secondary N) is 6. The number of amides is 6. The second-order valence-corrected chi connectivity index (χ2v) is 15.9. The molecular formula is C37H56N8O10. The Morgan fingerprint density at radius 1 is 0.891 bits per heavy atom. The SMILES string of the molecule is CC(C)C[C@@H]1NC(=O)[C@H](Cc2ccc(N=O)cc2)NC(=O)[C@@H]2CCCN2[C@H](C(=O)NC(C)(C)C)[C@H](C)NC(=O)C[C@H]([C@@H](C)O)NC(=O)[C@H](CC(=O)O)NC1=O. The van der Waals surface area contributed by atoms with Gasteiger partial charge in [0.15, 0.2) is 0 Å². The van der Waals surface area contributed by atoms with Crippen molar-refractivity contribution in [2.24, 2.45) is 11.1 Å². The van der Waals surface area contributed by atoms with Crippen LogP contribution < -0.4 is 31.9 Å². The number of hydrogen-bond acceptors (Lipinski definition) is 11. The van der Waals surface area contributed by atoms with Crippen LogP contribution in [-0.2, 0) is 40.0 Å². The minimum absolute atomic E-state index is 0.0642. The summed E-state index contributed by atoms with van der Waals surface area (Å²) in [5, 5.41) is 39.2. The van der Waals surface area contributed by atoms with Gasteiger partial charge in [-0.1, -0.05) is 26.0 Å². The van der Waals surface area contributed by atoms with Crippen LogP contribution in [0.3, 0.4) is 0 Å². The maximum absolute atomic E-state index is 14.2. The normalized spacial score (nSPS) is 27.1. The maximum atomic E-state index is 14.2. The molecule has 0 aromatic heterocycles. The first-order chi connectivity index (χ1) is 25.7. The number of carboxylic acids is 1. The molecule has 1 aromatic rings. The van der Waals surface area contributed by atoms with Gasteiger partial charge >= 0.3 is 5.97 Å². The van der Waals surface area contributed by atoms with Crippen LogP contribution in [-0.4, -0.2) is 117 Å². The average Bonchev–Trinajstić information content (AvgIpc) is 3.55. The number of rotatable bonds is 9. The molecule has 1 aromatic carbocycles. The minimum atomic E-state index is -1.67. The number of benzene rings is 1. The fourth-order valence-corrected chi connectivity index (χ4v) is 6.77. The van der Waals surface area contributed by atoms with Gasteiger partial charge in [0, 0.05) is 18.4 Å². The first-order valence-electron chi connectivity index (χ1n) is 18.6. The summed E-state index contributed by atoms with van der Waals surface area (Å²) >= 11 is 0. The van der Waals surface area contributed by atoms with E-state index in [9.17, 15) is 48.7 Å². The summed E-state index contributed by atoms with van der Waals surface area (Å²) in [6.07, 6.45) is -1.82. The second kappa shape index (κ2) is 19.6. The van der Waals surface area contributed by atoms with Gasteiger partial charge < -0.3 is 42.1 Å². The van der Waals surface area contributed by atoms with Gasteiger partial charge in [-0.15, -0.1) is 4.91 Å². The fourth-order valence-electron chi connectivity index (χ4n) is 6.77. The van der Waals surface area contributed by atoms with Gasteiger partial charge in [0.25, 0.3) is 0 Å². The number of aliphatic carboxylic acids is 1. The molecule has 304 valence electrons. The van der Waals surface area contributed by atoms with Gasteiger partial charge in [0.2, 0.25) is 35.4 Å². The number of aliphatic hydroxyl groups is 1. The number of aliphatic hydroxyl groups excluding tert-OH is 1. The minimum Gasteiger partial charge on any atom is -0.481 e. The van der Waals surface area contributed by atoms with Crippen LogP contribution >= 0.6 is 0 Å². The van der Waals surface area contributed by atoms with Crippen molar-refractivity contribution in [3.63, 3.8) is 0 Å². The zero-order chi connectivity index (χ0) is 41.2. The highest BCUT2D eigenvalue weighted by molar-refractivity contribution is 5.96. The number of nitroso groups, excluding NO2 is 1. The van der Waals surface area contributed by atoms with E-state index in [4.69, 9.17) is 0 Å². The third-order valence-corrected chi connectivity index (χ3v) is 9.36. The third kappa shape index (κ3) is 13.4. The van der Waals surface area contributed by atoms with E-state index in [1.165, 1.54) is 19.1 Å². The molecule has 2 saturated heterocycles. The van der Waals surface area contributed by atoms with E-state index in [-0.39, 0.29) is 24.4 Å². The molecule has 2 heterocycles. The Bertz CT molecular complexity index is 1580. The lowest BCUT2D eigenvalue weighted by Crippen LogP contribution is -2.63. The lowest BCUT2D eigenvalue weighted by Gasteiger charge is -2.37. The molecule has 2 aliphatic heterocycles. The van der Waals surface area contributed by atoms with Crippen molar-refractivity contribution in [3.8, 4) is 0 Å². The monoisotopic (exact) mass is 772 g/mol. The fraction of sp³-hybridized carbons (Fsp3) is 0.649. The van der Waals surface area contributed by atoms with Gasteiger partial charge in [-0.2, -0.15) is 0 Å². The van der Waals surface area contributed by atoms with Crippen LogP contribution in [0.4, 0.5) is 5.69 Å². The van der Waals surface area contributed by atoms with Crippen LogP contribution in [0, 0.1) is 10.8 Å². The Balaban J connectivity index is 2.15. The Morgan fingerprint density at radius 3 is 2.04 bits per heavy atom. The predicted molar refractivity (Wildman–Crippen MR) is 200 cm³/mol. The summed E-state index contributed by atoms with van der Waals surface area (Å²) in [5.41, 5.74) is 0.00475. The zero-order valence-electron chi connectivity index (χ0n) is 32.5. The molecule has 18 heteroatoms. The van der Waals surface area contributed by atoms with Gasteiger partial charge in [-0.25, -0.2) is 0 Å². The lowest BCUT2D eigenvalue weighted by molar-refractivity contribution is -0.141. The Labute approximate surface area is 320 Å². The molecule has 3 rings (SSSR count). The Hall–Kier alpha value is -4.97. The molecule has 0 radical (unpaired) electrons. The highest BCUT2D eigenvalue weighted by Gasteiger charge is 2.44. The van der Waals surface area contributed by atoms with Crippen LogP contribution in [0.15, 0.2) is 29.4 Å². The number of nitrogens with zero attached hydrogens (tertiary/aromatic N) is 2. The summed E-state index contributed by atoms with van der Waals surface area (Å²) in [4.78, 5) is 108. The first-order valence-corrected chi connectivity index (χ1v) is 18.6. The van der Waals surface area contributed by atoms with Crippen molar-refractivity contribution in [2.75, 3.05) is 6.54 Å². The van der Waals surface area contributed by atoms with Crippen molar-refractivity contribution < 1.29 is 43.8 Å². The molecule has 0 bridgehead atoms. The third-order valence-electron chi connectivity index (χ3n) is 9.36. The van der Waals surface area contributed by atoms with Gasteiger partial charge in [0.05, 0.1) is 30.7 Å². The first kappa shape index (κ1) is 44.4. The summed E-state index contributed by atoms with van der Waals surface area (Å²) < 4.78 is 0. The molecule has 0 aliphatic carbocycles. The van der Waals surface area contributed by atoms with E-state index >= 15 is 0 Å². The number of carboxylic acid groups (broad SMARTS) is 1. The lowest BCUT2D eigenvalue weighted by atomic mass is 9.99. The van der Waals surface area contributed by atoms with E-state index < -0.39 is 108 Å². The molecule has 8 atom stereocenters. The predicted octanol–water partition coefficient (Wildman–Crippen LogP) is 0.124. The molecule has 0 saturated carbocycles. The van der Waals surface area contributed by atoms with E-state index in [0.717, 1.165) is 0 Å². The topological polar surface area (TPSA) is 265 Å². The standard InChI is InChI=1S/C37H56N8O10/c1-19(2)15-25-32(50)41-27(18-30(48)49)34(52)39-24(21(4)46)17-29(47)38-20(3)31(36(54)43-37(5,6)7)45-14-8-9-28(45)35(53)42-26(33(51)40-25)16-22-10-12-23(44-55)13-11-22/h10-13,19-21,24-28,31,46H,8-9,14-18H2,1-7H3,(H,38,47)(H,39,52)(H,40,51)(H,41,50)(H,42,53)(H,43,54)(H,48,49)/t20-,21+,24+,25-,26-,27-,28-,31-/m0/s1. The van der Waals surface area contributed by atoms with Gasteiger partial charge in [-0.05, 0) is 89.2 Å². The van der Waals surface area contributed by atoms with Crippen molar-refractivity contribution in [2.45, 2.75) is 141 Å². The quantitative estimate of drug-likeness (QED) is 0.156. The largest absolute Gasteiger partial charge is 0.481 e. The van der Waals surface area contributed by atoms with Crippen LogP contribution in [0.5, 0.6) is 0 Å². The molecule has 55 heavy (non-hydrogen) atoms. The molecule has 2 aliphatic rings.